The van der Waals surface area contributed by atoms with Gasteiger partial charge >= 0.3 is 0 Å². The lowest BCUT2D eigenvalue weighted by Crippen LogP contribution is -2.15. The fourth-order valence-corrected chi connectivity index (χ4v) is 4.01. The zero-order valence-corrected chi connectivity index (χ0v) is 19.5. The zero-order chi connectivity index (χ0) is 22.1. The number of carbonyl (C=O) groups is 1. The largest absolute Gasteiger partial charge is 0.319 e. The topological polar surface area (TPSA) is 59.8 Å². The van der Waals surface area contributed by atoms with Crippen LogP contribution in [0.15, 0.2) is 65.1 Å². The standard InChI is InChI=1S/C25H23BrN4O/c1-15-6-5-7-19(13-15)24-28-23(25(31)27-21-10-9-20(26)14-17(21)3)29-30(24)22-11-8-16(2)12-18(22)4/h5-14H,1-4H3,(H,27,31). The highest BCUT2D eigenvalue weighted by atomic mass is 79.9. The molecule has 0 aliphatic rings. The van der Waals surface area contributed by atoms with E-state index in [-0.39, 0.29) is 11.7 Å². The number of benzene rings is 3. The minimum absolute atomic E-state index is 0.124. The van der Waals surface area contributed by atoms with Crippen LogP contribution < -0.4 is 5.32 Å². The summed E-state index contributed by atoms with van der Waals surface area (Å²) in [6.45, 7) is 8.07. The third kappa shape index (κ3) is 4.44. The minimum Gasteiger partial charge on any atom is -0.319 e. The summed E-state index contributed by atoms with van der Waals surface area (Å²) in [6.07, 6.45) is 0. The molecular weight excluding hydrogens is 452 g/mol. The van der Waals surface area contributed by atoms with Gasteiger partial charge in [0.2, 0.25) is 5.82 Å². The van der Waals surface area contributed by atoms with Crippen LogP contribution in [0.3, 0.4) is 0 Å². The second kappa shape index (κ2) is 8.47. The number of nitrogens with one attached hydrogen (secondary N) is 1. The highest BCUT2D eigenvalue weighted by Crippen LogP contribution is 2.25. The number of hydrogen-bond donors (Lipinski definition) is 1. The Morgan fingerprint density at radius 2 is 1.68 bits per heavy atom. The van der Waals surface area contributed by atoms with Gasteiger partial charge in [-0.25, -0.2) is 9.67 Å². The fourth-order valence-electron chi connectivity index (χ4n) is 3.54. The Labute approximate surface area is 190 Å². The van der Waals surface area contributed by atoms with E-state index in [1.165, 1.54) is 5.56 Å². The second-order valence-corrected chi connectivity index (χ2v) is 8.66. The van der Waals surface area contributed by atoms with E-state index in [1.807, 2.05) is 75.4 Å². The van der Waals surface area contributed by atoms with E-state index in [4.69, 9.17) is 0 Å². The molecule has 1 heterocycles. The number of rotatable bonds is 4. The molecule has 1 N–H and O–H groups in total. The molecule has 0 aliphatic heterocycles. The molecule has 156 valence electrons. The summed E-state index contributed by atoms with van der Waals surface area (Å²) in [5.41, 5.74) is 6.84. The van der Waals surface area contributed by atoms with E-state index < -0.39 is 0 Å². The highest BCUT2D eigenvalue weighted by Gasteiger charge is 2.20. The van der Waals surface area contributed by atoms with Crippen molar-refractivity contribution in [1.82, 2.24) is 14.8 Å². The number of halogens is 1. The van der Waals surface area contributed by atoms with Crippen molar-refractivity contribution in [2.45, 2.75) is 27.7 Å². The van der Waals surface area contributed by atoms with Crippen LogP contribution in [0.1, 0.15) is 32.9 Å². The van der Waals surface area contributed by atoms with Crippen LogP contribution in [0.25, 0.3) is 17.1 Å². The van der Waals surface area contributed by atoms with Crippen molar-refractivity contribution in [1.29, 1.82) is 0 Å². The fraction of sp³-hybridized carbons (Fsp3) is 0.160. The number of aryl methyl sites for hydroxylation is 4. The number of nitrogens with zero attached hydrogens (tertiary/aromatic N) is 3. The summed E-state index contributed by atoms with van der Waals surface area (Å²) in [4.78, 5) is 17.7. The van der Waals surface area contributed by atoms with E-state index in [1.54, 1.807) is 4.68 Å². The number of hydrogen-bond acceptors (Lipinski definition) is 3. The van der Waals surface area contributed by atoms with E-state index in [9.17, 15) is 4.79 Å². The maximum absolute atomic E-state index is 13.0. The van der Waals surface area contributed by atoms with Gasteiger partial charge in [0.1, 0.15) is 0 Å². The van der Waals surface area contributed by atoms with Crippen molar-refractivity contribution in [2.75, 3.05) is 5.32 Å². The minimum atomic E-state index is -0.345. The molecule has 0 spiro atoms. The van der Waals surface area contributed by atoms with E-state index in [0.29, 0.717) is 5.82 Å². The molecule has 1 aromatic heterocycles. The molecule has 0 fully saturated rings. The molecule has 0 saturated heterocycles. The molecule has 0 saturated carbocycles. The Hall–Kier alpha value is -3.25. The van der Waals surface area contributed by atoms with Crippen molar-refractivity contribution < 1.29 is 4.79 Å². The van der Waals surface area contributed by atoms with Gasteiger partial charge < -0.3 is 5.32 Å². The molecular formula is C25H23BrN4O. The van der Waals surface area contributed by atoms with Crippen LogP contribution in [0.5, 0.6) is 0 Å². The third-order valence-corrected chi connectivity index (χ3v) is 5.60. The zero-order valence-electron chi connectivity index (χ0n) is 17.9. The molecule has 0 aliphatic carbocycles. The van der Waals surface area contributed by atoms with Crippen LogP contribution in [-0.2, 0) is 0 Å². The Morgan fingerprint density at radius 3 is 2.39 bits per heavy atom. The number of anilines is 1. The molecule has 0 unspecified atom stereocenters. The SMILES string of the molecule is Cc1cccc(-c2nc(C(=O)Nc3ccc(Br)cc3C)nn2-c2ccc(C)cc2C)c1. The Balaban J connectivity index is 1.80. The van der Waals surface area contributed by atoms with Crippen LogP contribution in [0.4, 0.5) is 5.69 Å². The average molecular weight is 475 g/mol. The van der Waals surface area contributed by atoms with Gasteiger partial charge in [0.15, 0.2) is 5.82 Å². The van der Waals surface area contributed by atoms with Gasteiger partial charge in [-0.05, 0) is 69.2 Å². The van der Waals surface area contributed by atoms with Crippen LogP contribution in [0, 0.1) is 27.7 Å². The highest BCUT2D eigenvalue weighted by molar-refractivity contribution is 9.10. The monoisotopic (exact) mass is 474 g/mol. The average Bonchev–Trinajstić information content (AvgIpc) is 3.15. The number of carbonyl (C=O) groups excluding carboxylic acids is 1. The quantitative estimate of drug-likeness (QED) is 0.383. The van der Waals surface area contributed by atoms with E-state index in [0.717, 1.165) is 38.1 Å². The lowest BCUT2D eigenvalue weighted by Gasteiger charge is -2.10. The van der Waals surface area contributed by atoms with Crippen molar-refractivity contribution in [3.8, 4) is 17.1 Å². The summed E-state index contributed by atoms with van der Waals surface area (Å²) in [6, 6.07) is 19.9. The van der Waals surface area contributed by atoms with Crippen molar-refractivity contribution in [2.24, 2.45) is 0 Å². The van der Waals surface area contributed by atoms with Gasteiger partial charge in [0.25, 0.3) is 5.91 Å². The molecule has 6 heteroatoms. The van der Waals surface area contributed by atoms with Gasteiger partial charge in [-0.15, -0.1) is 5.10 Å². The normalized spacial score (nSPS) is 10.9. The van der Waals surface area contributed by atoms with E-state index >= 15 is 0 Å². The van der Waals surface area contributed by atoms with Gasteiger partial charge in [0.05, 0.1) is 5.69 Å². The maximum Gasteiger partial charge on any atom is 0.295 e. The molecule has 4 aromatic rings. The molecule has 4 rings (SSSR count). The van der Waals surface area contributed by atoms with Gasteiger partial charge in [-0.1, -0.05) is 57.4 Å². The first-order valence-corrected chi connectivity index (χ1v) is 10.8. The first-order chi connectivity index (χ1) is 14.8. The van der Waals surface area contributed by atoms with Crippen LogP contribution in [0.2, 0.25) is 0 Å². The Morgan fingerprint density at radius 1 is 0.903 bits per heavy atom. The summed E-state index contributed by atoms with van der Waals surface area (Å²) < 4.78 is 2.72. The molecule has 1 amide bonds. The van der Waals surface area contributed by atoms with Crippen molar-refractivity contribution in [3.05, 3.63) is 93.2 Å². The summed E-state index contributed by atoms with van der Waals surface area (Å²) >= 11 is 3.45. The second-order valence-electron chi connectivity index (χ2n) is 7.74. The summed E-state index contributed by atoms with van der Waals surface area (Å²) in [5, 5.41) is 7.54. The third-order valence-electron chi connectivity index (χ3n) is 5.10. The van der Waals surface area contributed by atoms with Crippen LogP contribution >= 0.6 is 15.9 Å². The maximum atomic E-state index is 13.0. The summed E-state index contributed by atoms with van der Waals surface area (Å²) in [5.74, 6) is 0.412. The molecule has 31 heavy (non-hydrogen) atoms. The van der Waals surface area contributed by atoms with Gasteiger partial charge in [-0.2, -0.15) is 0 Å². The Bertz CT molecular complexity index is 1290. The Kier molecular flexibility index (Phi) is 5.74. The summed E-state index contributed by atoms with van der Waals surface area (Å²) in [7, 11) is 0. The van der Waals surface area contributed by atoms with Crippen LogP contribution in [-0.4, -0.2) is 20.7 Å². The molecule has 0 atom stereocenters. The van der Waals surface area contributed by atoms with Crippen molar-refractivity contribution in [3.63, 3.8) is 0 Å². The smallest absolute Gasteiger partial charge is 0.295 e. The van der Waals surface area contributed by atoms with Gasteiger partial charge in [0, 0.05) is 15.7 Å². The number of aromatic nitrogens is 3. The first kappa shape index (κ1) is 21.0. The molecule has 3 aromatic carbocycles. The predicted molar refractivity (Wildman–Crippen MR) is 128 cm³/mol. The molecule has 0 radical (unpaired) electrons. The lowest BCUT2D eigenvalue weighted by atomic mass is 10.1. The molecule has 0 bridgehead atoms. The number of amides is 1. The lowest BCUT2D eigenvalue weighted by molar-refractivity contribution is 0.101. The predicted octanol–water partition coefficient (Wildman–Crippen LogP) is 6.18. The van der Waals surface area contributed by atoms with E-state index in [2.05, 4.69) is 44.3 Å². The van der Waals surface area contributed by atoms with Crippen molar-refractivity contribution >= 4 is 27.5 Å². The molecule has 5 nitrogen and oxygen atoms in total. The first-order valence-electron chi connectivity index (χ1n) is 10.0. The van der Waals surface area contributed by atoms with Gasteiger partial charge in [-0.3, -0.25) is 4.79 Å².